The number of nitrogens with one attached hydrogen (secondary N) is 3. The van der Waals surface area contributed by atoms with Crippen LogP contribution in [0.25, 0.3) is 11.3 Å². The molecular formula is C15H15F4N7. The number of hydrazone groups is 1. The van der Waals surface area contributed by atoms with Crippen molar-refractivity contribution in [3.63, 3.8) is 0 Å². The van der Waals surface area contributed by atoms with E-state index in [1.54, 1.807) is 0 Å². The van der Waals surface area contributed by atoms with E-state index in [0.717, 1.165) is 18.5 Å². The highest BCUT2D eigenvalue weighted by atomic mass is 19.4. The molecule has 0 aliphatic carbocycles. The standard InChI is InChI=1S/C15H15F4N7/c1-20-14(10(16)6-25-21-2)24-8-13-23-7-11(26-13)9-3-4-12(22-5-9)15(17,18)19/h3-7,21,24H,1,8H2,2H3,(H,23,26)/b14-10+,25-6-. The van der Waals surface area contributed by atoms with Crippen molar-refractivity contribution >= 4 is 12.9 Å². The summed E-state index contributed by atoms with van der Waals surface area (Å²) in [5, 5.41) is 6.20. The summed E-state index contributed by atoms with van der Waals surface area (Å²) < 4.78 is 51.3. The maximum Gasteiger partial charge on any atom is 0.433 e. The third-order valence-corrected chi connectivity index (χ3v) is 3.11. The van der Waals surface area contributed by atoms with E-state index in [0.29, 0.717) is 17.1 Å². The Hall–Kier alpha value is -3.24. The van der Waals surface area contributed by atoms with Gasteiger partial charge in [-0.15, -0.1) is 0 Å². The average molecular weight is 369 g/mol. The molecule has 0 unspecified atom stereocenters. The van der Waals surface area contributed by atoms with Crippen LogP contribution in [0.2, 0.25) is 0 Å². The van der Waals surface area contributed by atoms with E-state index in [2.05, 4.69) is 42.5 Å². The van der Waals surface area contributed by atoms with E-state index in [1.165, 1.54) is 19.3 Å². The number of nitrogens with zero attached hydrogens (tertiary/aromatic N) is 4. The van der Waals surface area contributed by atoms with Crippen LogP contribution in [0.1, 0.15) is 11.5 Å². The molecule has 11 heteroatoms. The van der Waals surface area contributed by atoms with Crippen LogP contribution < -0.4 is 10.7 Å². The molecule has 0 fully saturated rings. The van der Waals surface area contributed by atoms with Gasteiger partial charge in [0.2, 0.25) is 0 Å². The largest absolute Gasteiger partial charge is 0.433 e. The van der Waals surface area contributed by atoms with Crippen LogP contribution in [0.5, 0.6) is 0 Å². The molecule has 7 nitrogen and oxygen atoms in total. The first-order valence-corrected chi connectivity index (χ1v) is 7.22. The Bertz CT molecular complexity index is 806. The van der Waals surface area contributed by atoms with Gasteiger partial charge in [-0.25, -0.2) is 14.4 Å². The lowest BCUT2D eigenvalue weighted by atomic mass is 10.2. The van der Waals surface area contributed by atoms with Crippen LogP contribution >= 0.6 is 0 Å². The third-order valence-electron chi connectivity index (χ3n) is 3.11. The molecule has 26 heavy (non-hydrogen) atoms. The van der Waals surface area contributed by atoms with E-state index >= 15 is 0 Å². The fraction of sp³-hybridized carbons (Fsp3) is 0.200. The number of pyridine rings is 1. The van der Waals surface area contributed by atoms with Gasteiger partial charge >= 0.3 is 6.18 Å². The summed E-state index contributed by atoms with van der Waals surface area (Å²) >= 11 is 0. The van der Waals surface area contributed by atoms with Crippen LogP contribution in [0.15, 0.2) is 46.3 Å². The predicted octanol–water partition coefficient (Wildman–Crippen LogP) is 2.62. The van der Waals surface area contributed by atoms with Crippen LogP contribution in [-0.2, 0) is 12.7 Å². The number of rotatable bonds is 7. The smallest absolute Gasteiger partial charge is 0.360 e. The number of alkyl halides is 3. The van der Waals surface area contributed by atoms with Crippen molar-refractivity contribution in [2.45, 2.75) is 12.7 Å². The molecule has 0 aliphatic heterocycles. The number of imidazole rings is 1. The van der Waals surface area contributed by atoms with Crippen LogP contribution in [0, 0.1) is 0 Å². The molecule has 3 N–H and O–H groups in total. The number of aliphatic imine (C=N–C) groups is 1. The lowest BCUT2D eigenvalue weighted by Crippen LogP contribution is -2.14. The Morgan fingerprint density at radius 3 is 2.65 bits per heavy atom. The molecule has 0 saturated heterocycles. The van der Waals surface area contributed by atoms with E-state index in [1.807, 2.05) is 0 Å². The highest BCUT2D eigenvalue weighted by Crippen LogP contribution is 2.28. The minimum atomic E-state index is -4.50. The van der Waals surface area contributed by atoms with Crippen molar-refractivity contribution < 1.29 is 17.6 Å². The number of H-pyrrole nitrogens is 1. The number of hydrogen-bond acceptors (Lipinski definition) is 6. The second kappa shape index (κ2) is 8.23. The maximum atomic E-state index is 13.7. The molecule has 0 atom stereocenters. The SMILES string of the molecule is C=N/C(NCc1ncc(-c2ccc(C(F)(F)F)nc2)[nH]1)=C(F)/C=N\NC. The zero-order valence-corrected chi connectivity index (χ0v) is 13.6. The van der Waals surface area contributed by atoms with Gasteiger partial charge in [0.15, 0.2) is 11.6 Å². The van der Waals surface area contributed by atoms with Gasteiger partial charge in [-0.2, -0.15) is 18.3 Å². The van der Waals surface area contributed by atoms with Crippen LogP contribution in [-0.4, -0.2) is 34.9 Å². The fourth-order valence-electron chi connectivity index (χ4n) is 1.89. The van der Waals surface area contributed by atoms with Gasteiger partial charge in [0.1, 0.15) is 11.5 Å². The van der Waals surface area contributed by atoms with Crippen molar-refractivity contribution in [3.05, 3.63) is 47.7 Å². The Kier molecular flexibility index (Phi) is 6.04. The van der Waals surface area contributed by atoms with E-state index in [4.69, 9.17) is 0 Å². The van der Waals surface area contributed by atoms with E-state index in [-0.39, 0.29) is 12.4 Å². The molecule has 0 radical (unpaired) electrons. The molecule has 138 valence electrons. The average Bonchev–Trinajstić information content (AvgIpc) is 3.08. The second-order valence-corrected chi connectivity index (χ2v) is 4.86. The van der Waals surface area contributed by atoms with Crippen LogP contribution in [0.4, 0.5) is 17.6 Å². The van der Waals surface area contributed by atoms with Crippen molar-refractivity contribution in [2.24, 2.45) is 10.1 Å². The molecule has 0 saturated carbocycles. The zero-order chi connectivity index (χ0) is 19.2. The molecule has 2 rings (SSSR count). The zero-order valence-electron chi connectivity index (χ0n) is 13.6. The quantitative estimate of drug-likeness (QED) is 0.398. The van der Waals surface area contributed by atoms with Gasteiger partial charge in [0, 0.05) is 18.8 Å². The normalized spacial score (nSPS) is 12.8. The number of aromatic nitrogens is 3. The third kappa shape index (κ3) is 4.88. The molecule has 0 aliphatic rings. The van der Waals surface area contributed by atoms with Crippen molar-refractivity contribution in [2.75, 3.05) is 7.05 Å². The summed E-state index contributed by atoms with van der Waals surface area (Å²) in [7, 11) is 1.51. The Morgan fingerprint density at radius 2 is 2.08 bits per heavy atom. The summed E-state index contributed by atoms with van der Waals surface area (Å²) in [6.45, 7) is 3.35. The van der Waals surface area contributed by atoms with Gasteiger partial charge in [-0.3, -0.25) is 4.98 Å². The molecule has 0 bridgehead atoms. The summed E-state index contributed by atoms with van der Waals surface area (Å²) in [4.78, 5) is 13.9. The first-order chi connectivity index (χ1) is 12.3. The van der Waals surface area contributed by atoms with Crippen LogP contribution in [0.3, 0.4) is 0 Å². The summed E-state index contributed by atoms with van der Waals surface area (Å²) in [6.07, 6.45) is -1.04. The molecular weight excluding hydrogens is 354 g/mol. The molecule has 2 heterocycles. The highest BCUT2D eigenvalue weighted by molar-refractivity contribution is 5.76. The lowest BCUT2D eigenvalue weighted by molar-refractivity contribution is -0.141. The van der Waals surface area contributed by atoms with Gasteiger partial charge in [-0.05, 0) is 18.9 Å². The summed E-state index contributed by atoms with van der Waals surface area (Å²) in [6, 6.07) is 2.16. The van der Waals surface area contributed by atoms with Gasteiger partial charge in [0.05, 0.1) is 24.7 Å². The predicted molar refractivity (Wildman–Crippen MR) is 88.9 cm³/mol. The minimum Gasteiger partial charge on any atom is -0.360 e. The van der Waals surface area contributed by atoms with Crippen molar-refractivity contribution in [1.29, 1.82) is 0 Å². The molecule has 0 aromatic carbocycles. The van der Waals surface area contributed by atoms with Crippen molar-refractivity contribution in [1.82, 2.24) is 25.7 Å². The topological polar surface area (TPSA) is 90.4 Å². The molecule has 0 amide bonds. The summed E-state index contributed by atoms with van der Waals surface area (Å²) in [5.74, 6) is -0.439. The van der Waals surface area contributed by atoms with Crippen molar-refractivity contribution in [3.8, 4) is 11.3 Å². The maximum absolute atomic E-state index is 13.7. The Morgan fingerprint density at radius 1 is 1.31 bits per heavy atom. The first kappa shape index (κ1) is 19.1. The number of hydrogen-bond donors (Lipinski definition) is 3. The monoisotopic (exact) mass is 369 g/mol. The second-order valence-electron chi connectivity index (χ2n) is 4.86. The van der Waals surface area contributed by atoms with E-state index < -0.39 is 17.7 Å². The molecule has 2 aromatic rings. The Labute approximate surface area is 146 Å². The molecule has 0 spiro atoms. The van der Waals surface area contributed by atoms with Gasteiger partial charge < -0.3 is 15.7 Å². The Balaban J connectivity index is 2.08. The highest BCUT2D eigenvalue weighted by Gasteiger charge is 2.32. The number of halogens is 4. The fourth-order valence-corrected chi connectivity index (χ4v) is 1.89. The number of allylic oxidation sites excluding steroid dienone is 1. The number of aromatic amines is 1. The lowest BCUT2D eigenvalue weighted by Gasteiger charge is -2.06. The van der Waals surface area contributed by atoms with Gasteiger partial charge in [0.25, 0.3) is 0 Å². The van der Waals surface area contributed by atoms with Gasteiger partial charge in [-0.1, -0.05) is 0 Å². The minimum absolute atomic E-state index is 0.0865. The molecule has 2 aromatic heterocycles. The first-order valence-electron chi connectivity index (χ1n) is 7.22. The summed E-state index contributed by atoms with van der Waals surface area (Å²) in [5.41, 5.74) is 2.32. The van der Waals surface area contributed by atoms with E-state index in [9.17, 15) is 17.6 Å².